The van der Waals surface area contributed by atoms with Crippen LogP contribution in [0.15, 0.2) is 12.3 Å². The zero-order valence-electron chi connectivity index (χ0n) is 13.7. The third-order valence-electron chi connectivity index (χ3n) is 4.25. The highest BCUT2D eigenvalue weighted by atomic mass is 16.7. The molecular formula is C15H25BN2O2. The van der Waals surface area contributed by atoms with Gasteiger partial charge < -0.3 is 14.2 Å². The predicted octanol–water partition coefficient (Wildman–Crippen LogP) is 1.75. The van der Waals surface area contributed by atoms with E-state index in [2.05, 4.69) is 44.5 Å². The summed E-state index contributed by atoms with van der Waals surface area (Å²) in [4.78, 5) is 6.63. The summed E-state index contributed by atoms with van der Waals surface area (Å²) in [5.74, 6) is 0. The van der Waals surface area contributed by atoms with E-state index in [0.717, 1.165) is 23.3 Å². The Bertz CT molecular complexity index is 485. The molecule has 2 heterocycles. The van der Waals surface area contributed by atoms with E-state index < -0.39 is 0 Å². The zero-order valence-corrected chi connectivity index (χ0v) is 13.7. The van der Waals surface area contributed by atoms with Gasteiger partial charge in [-0.15, -0.1) is 0 Å². The average molecular weight is 276 g/mol. The Morgan fingerprint density at radius 2 is 1.70 bits per heavy atom. The summed E-state index contributed by atoms with van der Waals surface area (Å²) < 4.78 is 12.3. The van der Waals surface area contributed by atoms with Gasteiger partial charge in [0.1, 0.15) is 0 Å². The van der Waals surface area contributed by atoms with Gasteiger partial charge in [0.2, 0.25) is 0 Å². The third kappa shape index (κ3) is 2.75. The van der Waals surface area contributed by atoms with Crippen LogP contribution in [0.2, 0.25) is 0 Å². The molecule has 110 valence electrons. The molecule has 1 aliphatic heterocycles. The highest BCUT2D eigenvalue weighted by Gasteiger charge is 2.52. The topological polar surface area (TPSA) is 34.6 Å². The Hall–Kier alpha value is -0.905. The van der Waals surface area contributed by atoms with Crippen molar-refractivity contribution in [3.8, 4) is 0 Å². The summed E-state index contributed by atoms with van der Waals surface area (Å²) in [5, 5.41) is 0. The smallest absolute Gasteiger partial charge is 0.399 e. The summed E-state index contributed by atoms with van der Waals surface area (Å²) in [5.41, 5.74) is 2.61. The second kappa shape index (κ2) is 5.13. The van der Waals surface area contributed by atoms with Crippen molar-refractivity contribution in [2.24, 2.45) is 0 Å². The number of hydrogen-bond donors (Lipinski definition) is 0. The van der Waals surface area contributed by atoms with Crippen molar-refractivity contribution in [3.63, 3.8) is 0 Å². The van der Waals surface area contributed by atoms with E-state index in [-0.39, 0.29) is 18.3 Å². The minimum absolute atomic E-state index is 0.324. The lowest BCUT2D eigenvalue weighted by molar-refractivity contribution is 0.00578. The maximum Gasteiger partial charge on any atom is 0.497 e. The lowest BCUT2D eigenvalue weighted by Gasteiger charge is -2.32. The molecule has 1 aromatic heterocycles. The molecule has 0 aliphatic carbocycles. The van der Waals surface area contributed by atoms with E-state index in [1.165, 1.54) is 0 Å². The molecule has 2 rings (SSSR count). The van der Waals surface area contributed by atoms with Crippen LogP contribution in [0.4, 0.5) is 0 Å². The first-order valence-electron chi connectivity index (χ1n) is 7.09. The van der Waals surface area contributed by atoms with E-state index in [1.54, 1.807) is 0 Å². The van der Waals surface area contributed by atoms with E-state index >= 15 is 0 Å². The predicted molar refractivity (Wildman–Crippen MR) is 82.1 cm³/mol. The minimum Gasteiger partial charge on any atom is -0.399 e. The monoisotopic (exact) mass is 276 g/mol. The van der Waals surface area contributed by atoms with Crippen LogP contribution in [0.1, 0.15) is 39.0 Å². The fraction of sp³-hybridized carbons (Fsp3) is 0.667. The Labute approximate surface area is 122 Å². The van der Waals surface area contributed by atoms with Gasteiger partial charge in [-0.3, -0.25) is 4.98 Å². The molecule has 1 aromatic rings. The highest BCUT2D eigenvalue weighted by molar-refractivity contribution is 6.63. The summed E-state index contributed by atoms with van der Waals surface area (Å²) in [6.07, 6.45) is 1.85. The average Bonchev–Trinajstić information content (AvgIpc) is 2.46. The van der Waals surface area contributed by atoms with Crippen LogP contribution in [-0.2, 0) is 15.9 Å². The molecule has 0 amide bonds. The second-order valence-corrected chi connectivity index (χ2v) is 6.81. The highest BCUT2D eigenvalue weighted by Crippen LogP contribution is 2.36. The van der Waals surface area contributed by atoms with Gasteiger partial charge in [-0.1, -0.05) is 0 Å². The van der Waals surface area contributed by atoms with Crippen molar-refractivity contribution in [1.29, 1.82) is 0 Å². The molecule has 0 spiro atoms. The van der Waals surface area contributed by atoms with Gasteiger partial charge >= 0.3 is 7.12 Å². The van der Waals surface area contributed by atoms with Crippen LogP contribution in [0, 0.1) is 6.92 Å². The van der Waals surface area contributed by atoms with Crippen LogP contribution < -0.4 is 5.46 Å². The van der Waals surface area contributed by atoms with Gasteiger partial charge in [-0.2, -0.15) is 0 Å². The van der Waals surface area contributed by atoms with E-state index in [9.17, 15) is 0 Å². The van der Waals surface area contributed by atoms with Gasteiger partial charge in [0.15, 0.2) is 0 Å². The number of aryl methyl sites for hydroxylation is 1. The van der Waals surface area contributed by atoms with Crippen molar-refractivity contribution in [1.82, 2.24) is 9.88 Å². The van der Waals surface area contributed by atoms with Crippen LogP contribution >= 0.6 is 0 Å². The summed E-state index contributed by atoms with van der Waals surface area (Å²) in [6.45, 7) is 11.2. The first-order valence-corrected chi connectivity index (χ1v) is 7.09. The Kier molecular flexibility index (Phi) is 3.97. The normalized spacial score (nSPS) is 20.7. The van der Waals surface area contributed by atoms with Crippen LogP contribution in [0.3, 0.4) is 0 Å². The van der Waals surface area contributed by atoms with E-state index in [4.69, 9.17) is 9.31 Å². The van der Waals surface area contributed by atoms with Crippen molar-refractivity contribution in [3.05, 3.63) is 23.5 Å². The molecule has 0 saturated carbocycles. The number of aromatic nitrogens is 1. The molecule has 0 aromatic carbocycles. The quantitative estimate of drug-likeness (QED) is 0.788. The standard InChI is InChI=1S/C15H25BN2O2/c1-11-8-9-17-12(10-18(6)7)13(11)16-19-14(2,3)15(4,5)20-16/h8-9H,10H2,1-7H3. The van der Waals surface area contributed by atoms with Crippen LogP contribution in [0.25, 0.3) is 0 Å². The summed E-state index contributed by atoms with van der Waals surface area (Å²) >= 11 is 0. The van der Waals surface area contributed by atoms with Crippen LogP contribution in [0.5, 0.6) is 0 Å². The fourth-order valence-electron chi connectivity index (χ4n) is 2.33. The Balaban J connectivity index is 2.39. The molecule has 1 saturated heterocycles. The van der Waals surface area contributed by atoms with Gasteiger partial charge in [-0.05, 0) is 60.3 Å². The van der Waals surface area contributed by atoms with Gasteiger partial charge in [-0.25, -0.2) is 0 Å². The van der Waals surface area contributed by atoms with E-state index in [1.807, 2.05) is 26.4 Å². The second-order valence-electron chi connectivity index (χ2n) is 6.81. The van der Waals surface area contributed by atoms with Crippen molar-refractivity contribution in [2.45, 2.75) is 52.4 Å². The largest absolute Gasteiger partial charge is 0.497 e. The number of pyridine rings is 1. The maximum absolute atomic E-state index is 6.17. The molecule has 1 fully saturated rings. The molecule has 0 unspecified atom stereocenters. The summed E-state index contributed by atoms with van der Waals surface area (Å²) in [6, 6.07) is 2.01. The van der Waals surface area contributed by atoms with Gasteiger partial charge in [0, 0.05) is 18.2 Å². The third-order valence-corrected chi connectivity index (χ3v) is 4.25. The molecule has 0 radical (unpaired) electrons. The fourth-order valence-corrected chi connectivity index (χ4v) is 2.33. The lowest BCUT2D eigenvalue weighted by Crippen LogP contribution is -2.41. The maximum atomic E-state index is 6.17. The molecule has 0 atom stereocenters. The Morgan fingerprint density at radius 1 is 1.15 bits per heavy atom. The van der Waals surface area contributed by atoms with E-state index in [0.29, 0.717) is 0 Å². The van der Waals surface area contributed by atoms with Crippen molar-refractivity contribution < 1.29 is 9.31 Å². The molecule has 20 heavy (non-hydrogen) atoms. The SMILES string of the molecule is Cc1ccnc(CN(C)C)c1B1OC(C)(C)C(C)(C)O1. The number of nitrogens with zero attached hydrogens (tertiary/aromatic N) is 2. The Morgan fingerprint density at radius 3 is 2.20 bits per heavy atom. The lowest BCUT2D eigenvalue weighted by atomic mass is 9.75. The molecule has 1 aliphatic rings. The zero-order chi connectivity index (χ0) is 15.1. The van der Waals surface area contributed by atoms with Crippen molar-refractivity contribution in [2.75, 3.05) is 14.1 Å². The molecular weight excluding hydrogens is 251 g/mol. The molecule has 4 nitrogen and oxygen atoms in total. The molecule has 0 N–H and O–H groups in total. The van der Waals surface area contributed by atoms with Crippen molar-refractivity contribution >= 4 is 12.6 Å². The van der Waals surface area contributed by atoms with Gasteiger partial charge in [0.25, 0.3) is 0 Å². The van der Waals surface area contributed by atoms with Gasteiger partial charge in [0.05, 0.1) is 16.9 Å². The number of hydrogen-bond acceptors (Lipinski definition) is 4. The first kappa shape index (κ1) is 15.5. The first-order chi connectivity index (χ1) is 9.14. The molecule has 0 bridgehead atoms. The van der Waals surface area contributed by atoms with Crippen LogP contribution in [-0.4, -0.2) is 42.3 Å². The minimum atomic E-state index is -0.344. The molecule has 5 heteroatoms. The number of rotatable bonds is 3. The summed E-state index contributed by atoms with van der Waals surface area (Å²) in [7, 11) is 3.74.